The fourth-order valence-corrected chi connectivity index (χ4v) is 3.18. The van der Waals surface area contributed by atoms with E-state index in [-0.39, 0.29) is 28.7 Å². The maximum absolute atomic E-state index is 12.5. The molecule has 1 aliphatic heterocycles. The number of nitro groups is 1. The zero-order valence-electron chi connectivity index (χ0n) is 12.8. The second kappa shape index (κ2) is 6.35. The van der Waals surface area contributed by atoms with Crippen LogP contribution in [0.15, 0.2) is 17.3 Å². The largest absolute Gasteiger partial charge is 0.493 e. The Hall–Kier alpha value is -2.82. The number of fused-ring (bicyclic) bond motifs is 1. The van der Waals surface area contributed by atoms with E-state index in [1.54, 1.807) is 4.57 Å². The summed E-state index contributed by atoms with van der Waals surface area (Å²) in [7, 11) is 2.74. The predicted molar refractivity (Wildman–Crippen MR) is 84.9 cm³/mol. The highest BCUT2D eigenvalue weighted by Gasteiger charge is 2.27. The van der Waals surface area contributed by atoms with Crippen molar-refractivity contribution in [3.63, 3.8) is 0 Å². The van der Waals surface area contributed by atoms with Crippen molar-refractivity contribution in [2.75, 3.05) is 25.3 Å². The third-order valence-corrected chi connectivity index (χ3v) is 4.38. The normalized spacial score (nSPS) is 12.6. The molecule has 1 aromatic carbocycles. The molecule has 0 bridgehead atoms. The maximum Gasteiger partial charge on any atom is 0.286 e. The Labute approximate surface area is 140 Å². The average Bonchev–Trinajstić information content (AvgIpc) is 3.18. The Morgan fingerprint density at radius 3 is 2.71 bits per heavy atom. The number of ether oxygens (including phenoxy) is 2. The van der Waals surface area contributed by atoms with Crippen molar-refractivity contribution >= 4 is 29.3 Å². The van der Waals surface area contributed by atoms with Crippen LogP contribution < -0.4 is 14.8 Å². The van der Waals surface area contributed by atoms with E-state index in [4.69, 9.17) is 9.47 Å². The molecule has 126 valence electrons. The van der Waals surface area contributed by atoms with Crippen LogP contribution in [0.4, 0.5) is 11.6 Å². The molecule has 0 unspecified atom stereocenters. The quantitative estimate of drug-likeness (QED) is 0.636. The summed E-state index contributed by atoms with van der Waals surface area (Å²) in [4.78, 5) is 23.1. The van der Waals surface area contributed by atoms with Gasteiger partial charge in [-0.25, -0.2) is 0 Å². The first-order valence-electron chi connectivity index (χ1n) is 6.83. The molecule has 2 aromatic rings. The molecule has 11 heteroatoms. The number of rotatable bonds is 5. The van der Waals surface area contributed by atoms with Crippen molar-refractivity contribution in [1.82, 2.24) is 14.8 Å². The predicted octanol–water partition coefficient (Wildman–Crippen LogP) is 1.56. The number of nitro benzene ring substituents is 1. The van der Waals surface area contributed by atoms with Crippen LogP contribution in [0, 0.1) is 10.1 Å². The molecule has 1 amide bonds. The first-order chi connectivity index (χ1) is 11.5. The molecule has 0 atom stereocenters. The van der Waals surface area contributed by atoms with Crippen LogP contribution in [0.3, 0.4) is 0 Å². The lowest BCUT2D eigenvalue weighted by molar-refractivity contribution is -0.385. The number of benzene rings is 1. The minimum Gasteiger partial charge on any atom is -0.493 e. The van der Waals surface area contributed by atoms with Gasteiger partial charge in [-0.15, -0.1) is 10.2 Å². The lowest BCUT2D eigenvalue weighted by Crippen LogP contribution is -2.17. The Morgan fingerprint density at radius 1 is 1.33 bits per heavy atom. The Kier molecular flexibility index (Phi) is 4.25. The van der Waals surface area contributed by atoms with Crippen molar-refractivity contribution < 1.29 is 19.2 Å². The topological polar surface area (TPSA) is 121 Å². The van der Waals surface area contributed by atoms with E-state index in [0.717, 1.165) is 11.8 Å². The van der Waals surface area contributed by atoms with Crippen molar-refractivity contribution in [1.29, 1.82) is 0 Å². The van der Waals surface area contributed by atoms with Gasteiger partial charge < -0.3 is 9.47 Å². The van der Waals surface area contributed by atoms with Crippen molar-refractivity contribution in [3.8, 4) is 11.5 Å². The number of anilines is 1. The van der Waals surface area contributed by atoms with Gasteiger partial charge in [0.2, 0.25) is 5.95 Å². The number of carbonyl (C=O) groups is 1. The van der Waals surface area contributed by atoms with Gasteiger partial charge in [0.05, 0.1) is 25.2 Å². The Balaban J connectivity index is 1.97. The molecule has 3 rings (SSSR count). The average molecular weight is 351 g/mol. The number of methoxy groups -OCH3 is 2. The number of carbonyl (C=O) groups excluding carboxylic acids is 1. The third kappa shape index (κ3) is 2.73. The molecular formula is C13H13N5O5S. The van der Waals surface area contributed by atoms with Crippen LogP contribution >= 0.6 is 11.8 Å². The van der Waals surface area contributed by atoms with Gasteiger partial charge in [-0.3, -0.25) is 24.8 Å². The van der Waals surface area contributed by atoms with E-state index in [2.05, 4.69) is 15.5 Å². The molecule has 1 N–H and O–H groups in total. The van der Waals surface area contributed by atoms with Crippen molar-refractivity contribution in [3.05, 3.63) is 27.8 Å². The minimum atomic E-state index is -0.672. The number of nitrogens with zero attached hydrogens (tertiary/aromatic N) is 4. The van der Waals surface area contributed by atoms with Crippen LogP contribution in [0.25, 0.3) is 0 Å². The molecule has 1 aliphatic rings. The molecule has 10 nitrogen and oxygen atoms in total. The van der Waals surface area contributed by atoms with Crippen LogP contribution in [0.1, 0.15) is 10.4 Å². The lowest BCUT2D eigenvalue weighted by atomic mass is 10.1. The highest BCUT2D eigenvalue weighted by molar-refractivity contribution is 7.99. The summed E-state index contributed by atoms with van der Waals surface area (Å²) in [6.07, 6.45) is 0. The van der Waals surface area contributed by atoms with Crippen molar-refractivity contribution in [2.24, 2.45) is 0 Å². The monoisotopic (exact) mass is 351 g/mol. The van der Waals surface area contributed by atoms with Gasteiger partial charge in [-0.05, 0) is 0 Å². The minimum absolute atomic E-state index is 0.152. The second-order valence-corrected chi connectivity index (χ2v) is 5.80. The Morgan fingerprint density at radius 2 is 2.04 bits per heavy atom. The summed E-state index contributed by atoms with van der Waals surface area (Å²) in [5.41, 5.74) is -0.540. The molecule has 0 spiro atoms. The molecule has 0 radical (unpaired) electrons. The van der Waals surface area contributed by atoms with Gasteiger partial charge in [-0.2, -0.15) is 0 Å². The number of amides is 1. The van der Waals surface area contributed by atoms with Crippen LogP contribution in [0.2, 0.25) is 0 Å². The molecule has 2 heterocycles. The van der Waals surface area contributed by atoms with E-state index < -0.39 is 10.8 Å². The fourth-order valence-electron chi connectivity index (χ4n) is 2.29. The maximum atomic E-state index is 12.5. The molecule has 0 fully saturated rings. The second-order valence-electron chi connectivity index (χ2n) is 4.74. The first kappa shape index (κ1) is 16.1. The summed E-state index contributed by atoms with van der Waals surface area (Å²) in [6.45, 7) is 0.663. The standard InChI is InChI=1S/C13H13N5O5S/c1-22-9-5-7(8(18(20)21)6-10(9)23-2)11(19)14-12-15-16-13-17(12)3-4-24-13/h5-6H,3-4H2,1-2H3,(H,14,15,19). The zero-order valence-corrected chi connectivity index (χ0v) is 13.6. The van der Waals surface area contributed by atoms with Gasteiger partial charge in [0.1, 0.15) is 5.56 Å². The number of aromatic nitrogens is 3. The highest BCUT2D eigenvalue weighted by Crippen LogP contribution is 2.35. The van der Waals surface area contributed by atoms with Crippen LogP contribution in [-0.4, -0.2) is 45.6 Å². The van der Waals surface area contributed by atoms with Crippen molar-refractivity contribution in [2.45, 2.75) is 11.7 Å². The number of thioether (sulfide) groups is 1. The number of hydrogen-bond donors (Lipinski definition) is 1. The SMILES string of the molecule is COc1cc(C(=O)Nc2nnc3n2CCS3)c([N+](=O)[O-])cc1OC. The first-order valence-corrected chi connectivity index (χ1v) is 7.81. The summed E-state index contributed by atoms with van der Waals surface area (Å²) < 4.78 is 11.9. The van der Waals surface area contributed by atoms with Gasteiger partial charge in [0, 0.05) is 18.4 Å². The van der Waals surface area contributed by atoms with Gasteiger partial charge in [-0.1, -0.05) is 11.8 Å². The van der Waals surface area contributed by atoms with Gasteiger partial charge in [0.25, 0.3) is 11.6 Å². The van der Waals surface area contributed by atoms with Gasteiger partial charge >= 0.3 is 0 Å². The fraction of sp³-hybridized carbons (Fsp3) is 0.308. The number of nitrogens with one attached hydrogen (secondary N) is 1. The van der Waals surface area contributed by atoms with Gasteiger partial charge in [0.15, 0.2) is 16.7 Å². The molecule has 0 saturated carbocycles. The summed E-state index contributed by atoms with van der Waals surface area (Å²) in [5, 5.41) is 22.4. The van der Waals surface area contributed by atoms with E-state index in [1.807, 2.05) is 0 Å². The van der Waals surface area contributed by atoms with E-state index in [0.29, 0.717) is 11.7 Å². The number of hydrogen-bond acceptors (Lipinski definition) is 8. The van der Waals surface area contributed by atoms with Crippen LogP contribution in [0.5, 0.6) is 11.5 Å². The summed E-state index contributed by atoms with van der Waals surface area (Å²) in [5.74, 6) is 0.805. The third-order valence-electron chi connectivity index (χ3n) is 3.43. The lowest BCUT2D eigenvalue weighted by Gasteiger charge is -2.10. The highest BCUT2D eigenvalue weighted by atomic mass is 32.2. The van der Waals surface area contributed by atoms with E-state index in [9.17, 15) is 14.9 Å². The Bertz CT molecular complexity index is 821. The van der Waals surface area contributed by atoms with Crippen LogP contribution in [-0.2, 0) is 6.54 Å². The zero-order chi connectivity index (χ0) is 17.3. The molecule has 0 saturated heterocycles. The molecule has 24 heavy (non-hydrogen) atoms. The molecule has 0 aliphatic carbocycles. The summed E-state index contributed by atoms with van der Waals surface area (Å²) in [6, 6.07) is 2.42. The van der Waals surface area contributed by atoms with E-state index >= 15 is 0 Å². The summed E-state index contributed by atoms with van der Waals surface area (Å²) >= 11 is 1.52. The molecule has 1 aromatic heterocycles. The van der Waals surface area contributed by atoms with E-state index in [1.165, 1.54) is 32.0 Å². The molecular weight excluding hydrogens is 338 g/mol. The smallest absolute Gasteiger partial charge is 0.286 e.